The number of nitrogens with two attached hydrogens (primary N) is 3. The number of carboxylic acid groups (broad SMARTS) is 1. The van der Waals surface area contributed by atoms with Gasteiger partial charge in [0.25, 0.3) is 0 Å². The van der Waals surface area contributed by atoms with E-state index in [0.717, 1.165) is 0 Å². The van der Waals surface area contributed by atoms with Crippen LogP contribution in [-0.2, 0) is 9.59 Å². The van der Waals surface area contributed by atoms with Crippen molar-refractivity contribution in [1.82, 2.24) is 0 Å². The molecule has 0 heterocycles. The van der Waals surface area contributed by atoms with Crippen LogP contribution in [0.2, 0.25) is 1.41 Å². The molecule has 1 atom stereocenters. The standard InChI is InChI=1S/C6H12N4O3/c7-4(11)2-1-3(5(12)13)10-6(8)9/h3H,1-2H2,(H2,7,11)(H,12,13)(H4,8,9,10)/t3-/m0/s1/i/hD. The second-order valence-corrected chi connectivity index (χ2v) is 2.37. The maximum Gasteiger partial charge on any atom is 0.328 e. The Bertz CT molecular complexity index is 255. The van der Waals surface area contributed by atoms with E-state index >= 15 is 0 Å². The van der Waals surface area contributed by atoms with Gasteiger partial charge in [0.15, 0.2) is 13.4 Å². The van der Waals surface area contributed by atoms with Crippen molar-refractivity contribution in [3.8, 4) is 0 Å². The highest BCUT2D eigenvalue weighted by Crippen LogP contribution is 2.01. The number of amides is 1. The zero-order valence-electron chi connectivity index (χ0n) is 7.86. The van der Waals surface area contributed by atoms with Crippen LogP contribution in [0.4, 0.5) is 0 Å². The van der Waals surface area contributed by atoms with E-state index in [-0.39, 0.29) is 18.8 Å². The smallest absolute Gasteiger partial charge is 0.328 e. The van der Waals surface area contributed by atoms with E-state index < -0.39 is 17.9 Å². The van der Waals surface area contributed by atoms with E-state index in [0.29, 0.717) is 0 Å². The summed E-state index contributed by atoms with van der Waals surface area (Å²) in [5, 5.41) is 8.63. The van der Waals surface area contributed by atoms with Gasteiger partial charge in [-0.3, -0.25) is 4.79 Å². The average Bonchev–Trinajstić information content (AvgIpc) is 2.10. The average molecular weight is 189 g/mol. The van der Waals surface area contributed by atoms with Crippen LogP contribution in [-0.4, -0.2) is 29.0 Å². The van der Waals surface area contributed by atoms with E-state index in [1.54, 1.807) is 5.73 Å². The topological polar surface area (TPSA) is 145 Å². The Labute approximate surface area is 76.1 Å². The lowest BCUT2D eigenvalue weighted by Crippen LogP contribution is -2.29. The van der Waals surface area contributed by atoms with E-state index in [9.17, 15) is 9.59 Å². The summed E-state index contributed by atoms with van der Waals surface area (Å²) in [5.74, 6) is -2.14. The van der Waals surface area contributed by atoms with Gasteiger partial charge in [0, 0.05) is 6.42 Å². The second kappa shape index (κ2) is 4.96. The van der Waals surface area contributed by atoms with Gasteiger partial charge in [-0.2, -0.15) is 0 Å². The molecule has 0 aliphatic carbocycles. The third-order valence-corrected chi connectivity index (χ3v) is 1.24. The molecule has 0 saturated carbocycles. The number of aliphatic carboxylic acids is 1. The Kier molecular flexibility index (Phi) is 3.55. The molecule has 13 heavy (non-hydrogen) atoms. The van der Waals surface area contributed by atoms with Crippen molar-refractivity contribution in [3.63, 3.8) is 0 Å². The largest absolute Gasteiger partial charge is 0.480 e. The molecule has 7 nitrogen and oxygen atoms in total. The van der Waals surface area contributed by atoms with Crippen LogP contribution in [0, 0.1) is 0 Å². The third kappa shape index (κ3) is 5.48. The first-order valence-electron chi connectivity index (χ1n) is 3.99. The van der Waals surface area contributed by atoms with Crippen molar-refractivity contribution in [2.24, 2.45) is 22.2 Å². The Balaban J connectivity index is 4.30. The highest BCUT2D eigenvalue weighted by Gasteiger charge is 2.16. The molecule has 0 unspecified atom stereocenters. The molecule has 0 aromatic carbocycles. The first kappa shape index (κ1) is 9.30. The summed E-state index contributed by atoms with van der Waals surface area (Å²) >= 11 is 0. The summed E-state index contributed by atoms with van der Waals surface area (Å²) in [6, 6.07) is -1.15. The van der Waals surface area contributed by atoms with E-state index in [2.05, 4.69) is 4.99 Å². The fourth-order valence-corrected chi connectivity index (χ4v) is 0.690. The number of primary amides is 1. The van der Waals surface area contributed by atoms with Crippen molar-refractivity contribution in [1.29, 1.82) is 0 Å². The van der Waals surface area contributed by atoms with Gasteiger partial charge in [0.2, 0.25) is 5.91 Å². The molecule has 0 aliphatic heterocycles. The van der Waals surface area contributed by atoms with Crippen molar-refractivity contribution < 1.29 is 16.1 Å². The molecule has 0 aliphatic rings. The molecule has 7 heteroatoms. The predicted molar refractivity (Wildman–Crippen MR) is 45.7 cm³/mol. The number of hydrogen-bond acceptors (Lipinski definition) is 3. The molecule has 74 valence electrons. The van der Waals surface area contributed by atoms with Crippen LogP contribution in [0.25, 0.3) is 0 Å². The zero-order chi connectivity index (χ0) is 11.1. The number of carbonyl (C=O) groups is 2. The van der Waals surface area contributed by atoms with Gasteiger partial charge < -0.3 is 22.3 Å². The Hall–Kier alpha value is -1.79. The summed E-state index contributed by atoms with van der Waals surface area (Å²) < 4.78 is 6.57. The summed E-state index contributed by atoms with van der Waals surface area (Å²) in [6.45, 7) is 0. The number of carboxylic acids is 1. The third-order valence-electron chi connectivity index (χ3n) is 1.24. The number of carbonyl (C=O) groups excluding carboxylic acids is 1. The lowest BCUT2D eigenvalue weighted by molar-refractivity contribution is -0.138. The predicted octanol–water partition coefficient (Wildman–Crippen LogP) is -2.02. The quantitative estimate of drug-likeness (QED) is 0.291. The summed E-state index contributed by atoms with van der Waals surface area (Å²) in [4.78, 5) is 24.4. The maximum atomic E-state index is 10.6. The SMILES string of the molecule is [2H]NC(N)=N[C@@H](CCC(N)=O)C(=O)O. The van der Waals surface area contributed by atoms with E-state index in [1.807, 2.05) is 0 Å². The number of aliphatic imine (C=N–C) groups is 1. The molecule has 1 amide bonds. The van der Waals surface area contributed by atoms with Crippen LogP contribution >= 0.6 is 0 Å². The Morgan fingerprint density at radius 3 is 2.54 bits per heavy atom. The van der Waals surface area contributed by atoms with E-state index in [1.165, 1.54) is 0 Å². The Morgan fingerprint density at radius 2 is 2.15 bits per heavy atom. The van der Waals surface area contributed by atoms with Crippen LogP contribution in [0.15, 0.2) is 4.99 Å². The van der Waals surface area contributed by atoms with Gasteiger partial charge in [-0.25, -0.2) is 9.79 Å². The monoisotopic (exact) mass is 189 g/mol. The van der Waals surface area contributed by atoms with Crippen molar-refractivity contribution in [3.05, 3.63) is 0 Å². The van der Waals surface area contributed by atoms with Crippen LogP contribution < -0.4 is 17.2 Å². The van der Waals surface area contributed by atoms with Crippen LogP contribution in [0.3, 0.4) is 0 Å². The number of nitrogens with zero attached hydrogens (tertiary/aromatic N) is 1. The number of hydrogen-bond donors (Lipinski definition) is 4. The normalized spacial score (nSPS) is 14.5. The number of rotatable bonds is 5. The first-order chi connectivity index (χ1) is 6.47. The van der Waals surface area contributed by atoms with Gasteiger partial charge in [-0.05, 0) is 6.42 Å². The minimum Gasteiger partial charge on any atom is -0.480 e. The molecule has 7 N–H and O–H groups in total. The first-order valence-corrected chi connectivity index (χ1v) is 3.49. The van der Waals surface area contributed by atoms with Crippen LogP contribution in [0.5, 0.6) is 0 Å². The van der Waals surface area contributed by atoms with Crippen molar-refractivity contribution in [2.75, 3.05) is 0 Å². The highest BCUT2D eigenvalue weighted by atomic mass is 16.4. The van der Waals surface area contributed by atoms with Crippen molar-refractivity contribution in [2.45, 2.75) is 18.9 Å². The van der Waals surface area contributed by atoms with Gasteiger partial charge >= 0.3 is 5.97 Å². The number of guanidine groups is 1. The fraction of sp³-hybridized carbons (Fsp3) is 0.500. The maximum absolute atomic E-state index is 10.6. The summed E-state index contributed by atoms with van der Waals surface area (Å²) in [6.07, 6.45) is -0.126. The Morgan fingerprint density at radius 1 is 1.54 bits per heavy atom. The molecule has 0 fully saturated rings. The molecular formula is C6H12N4O3. The molecule has 0 aromatic heterocycles. The van der Waals surface area contributed by atoms with Gasteiger partial charge in [-0.15, -0.1) is 0 Å². The molecular weight excluding hydrogens is 176 g/mol. The van der Waals surface area contributed by atoms with E-state index in [4.69, 9.17) is 18.0 Å². The molecule has 0 saturated heterocycles. The second-order valence-electron chi connectivity index (χ2n) is 2.37. The summed E-state index contributed by atoms with van der Waals surface area (Å²) in [5.41, 5.74) is 11.7. The highest BCUT2D eigenvalue weighted by molar-refractivity contribution is 5.82. The minimum absolute atomic E-state index is 0.0347. The van der Waals surface area contributed by atoms with Crippen LogP contribution in [0.1, 0.15) is 12.8 Å². The molecule has 0 spiro atoms. The van der Waals surface area contributed by atoms with Gasteiger partial charge in [0.05, 0.1) is 0 Å². The summed E-state index contributed by atoms with van der Waals surface area (Å²) in [7, 11) is 0. The fourth-order valence-electron chi connectivity index (χ4n) is 0.690. The zero-order valence-corrected chi connectivity index (χ0v) is 6.86. The molecule has 0 aromatic rings. The molecule has 0 rings (SSSR count). The lowest BCUT2D eigenvalue weighted by Gasteiger charge is -2.05. The minimum atomic E-state index is -1.22. The molecule has 0 radical (unpaired) electrons. The van der Waals surface area contributed by atoms with Gasteiger partial charge in [-0.1, -0.05) is 0 Å². The van der Waals surface area contributed by atoms with Crippen molar-refractivity contribution >= 4 is 17.8 Å². The van der Waals surface area contributed by atoms with Gasteiger partial charge in [0.1, 0.15) is 0 Å². The molecule has 0 bridgehead atoms. The lowest BCUT2D eigenvalue weighted by atomic mass is 10.1.